The van der Waals surface area contributed by atoms with Gasteiger partial charge in [0.15, 0.2) is 0 Å². The van der Waals surface area contributed by atoms with Gasteiger partial charge >= 0.3 is 0 Å². The van der Waals surface area contributed by atoms with Gasteiger partial charge in [-0.2, -0.15) is 10.4 Å². The molecule has 2 aromatic rings. The van der Waals surface area contributed by atoms with Crippen LogP contribution in [0.15, 0.2) is 24.3 Å². The molecule has 1 heterocycles. The van der Waals surface area contributed by atoms with Gasteiger partial charge in [-0.1, -0.05) is 19.9 Å². The van der Waals surface area contributed by atoms with Gasteiger partial charge in [0, 0.05) is 5.69 Å². The summed E-state index contributed by atoms with van der Waals surface area (Å²) in [6, 6.07) is 8.50. The van der Waals surface area contributed by atoms with Gasteiger partial charge < -0.3 is 0 Å². The van der Waals surface area contributed by atoms with Crippen molar-refractivity contribution >= 4 is 0 Å². The molecule has 18 heavy (non-hydrogen) atoms. The van der Waals surface area contributed by atoms with E-state index in [1.165, 1.54) is 6.07 Å². The van der Waals surface area contributed by atoms with Crippen molar-refractivity contribution in [2.45, 2.75) is 26.7 Å². The summed E-state index contributed by atoms with van der Waals surface area (Å²) in [6.45, 7) is 4.03. The SMILES string of the molecule is CCc1cc(CC)n(-c2cccc(F)c2C#N)n1. The summed E-state index contributed by atoms with van der Waals surface area (Å²) >= 11 is 0. The third-order valence-electron chi connectivity index (χ3n) is 2.89. The lowest BCUT2D eigenvalue weighted by atomic mass is 10.1. The van der Waals surface area contributed by atoms with Crippen molar-refractivity contribution in [1.29, 1.82) is 5.26 Å². The number of halogens is 1. The Morgan fingerprint density at radius 2 is 2.11 bits per heavy atom. The Kier molecular flexibility index (Phi) is 3.42. The minimum absolute atomic E-state index is 0.0398. The smallest absolute Gasteiger partial charge is 0.143 e. The van der Waals surface area contributed by atoms with Crippen LogP contribution in [0, 0.1) is 17.1 Å². The minimum atomic E-state index is -0.509. The van der Waals surface area contributed by atoms with E-state index in [-0.39, 0.29) is 5.56 Å². The summed E-state index contributed by atoms with van der Waals surface area (Å²) in [7, 11) is 0. The zero-order valence-corrected chi connectivity index (χ0v) is 10.4. The van der Waals surface area contributed by atoms with E-state index < -0.39 is 5.82 Å². The van der Waals surface area contributed by atoms with Gasteiger partial charge in [-0.3, -0.25) is 0 Å². The van der Waals surface area contributed by atoms with Gasteiger partial charge in [0.2, 0.25) is 0 Å². The molecule has 0 saturated carbocycles. The molecule has 0 saturated heterocycles. The van der Waals surface area contributed by atoms with Gasteiger partial charge in [0.05, 0.1) is 11.4 Å². The first-order chi connectivity index (χ1) is 8.71. The lowest BCUT2D eigenvalue weighted by Crippen LogP contribution is -2.05. The largest absolute Gasteiger partial charge is 0.236 e. The molecule has 0 spiro atoms. The fourth-order valence-electron chi connectivity index (χ4n) is 1.91. The van der Waals surface area contributed by atoms with Crippen molar-refractivity contribution in [3.63, 3.8) is 0 Å². The van der Waals surface area contributed by atoms with E-state index in [4.69, 9.17) is 5.26 Å². The van der Waals surface area contributed by atoms with Crippen LogP contribution in [0.25, 0.3) is 5.69 Å². The van der Waals surface area contributed by atoms with Crippen molar-refractivity contribution in [3.8, 4) is 11.8 Å². The van der Waals surface area contributed by atoms with Crippen LogP contribution in [-0.4, -0.2) is 9.78 Å². The van der Waals surface area contributed by atoms with Crippen molar-refractivity contribution in [2.24, 2.45) is 0 Å². The Hall–Kier alpha value is -2.15. The first kappa shape index (κ1) is 12.3. The highest BCUT2D eigenvalue weighted by Crippen LogP contribution is 2.20. The Balaban J connectivity index is 2.65. The van der Waals surface area contributed by atoms with E-state index in [1.807, 2.05) is 26.0 Å². The van der Waals surface area contributed by atoms with Crippen LogP contribution in [0.4, 0.5) is 4.39 Å². The summed E-state index contributed by atoms with van der Waals surface area (Å²) in [5, 5.41) is 13.5. The maximum absolute atomic E-state index is 13.6. The summed E-state index contributed by atoms with van der Waals surface area (Å²) in [5.41, 5.74) is 2.47. The number of nitriles is 1. The molecule has 0 radical (unpaired) electrons. The summed E-state index contributed by atoms with van der Waals surface area (Å²) in [6.07, 6.45) is 1.60. The number of nitrogens with zero attached hydrogens (tertiary/aromatic N) is 3. The normalized spacial score (nSPS) is 10.3. The van der Waals surface area contributed by atoms with Crippen LogP contribution in [-0.2, 0) is 12.8 Å². The van der Waals surface area contributed by atoms with Gasteiger partial charge in [-0.15, -0.1) is 0 Å². The first-order valence-electron chi connectivity index (χ1n) is 5.98. The molecule has 92 valence electrons. The Morgan fingerprint density at radius 1 is 1.33 bits per heavy atom. The molecule has 0 amide bonds. The van der Waals surface area contributed by atoms with E-state index in [0.29, 0.717) is 5.69 Å². The Morgan fingerprint density at radius 3 is 2.72 bits per heavy atom. The summed E-state index contributed by atoms with van der Waals surface area (Å²) in [5.74, 6) is -0.509. The fraction of sp³-hybridized carbons (Fsp3) is 0.286. The molecule has 0 atom stereocenters. The lowest BCUT2D eigenvalue weighted by molar-refractivity contribution is 0.620. The average Bonchev–Trinajstić information content (AvgIpc) is 2.81. The van der Waals surface area contributed by atoms with Crippen molar-refractivity contribution in [1.82, 2.24) is 9.78 Å². The van der Waals surface area contributed by atoms with E-state index in [1.54, 1.807) is 16.8 Å². The number of rotatable bonds is 3. The van der Waals surface area contributed by atoms with Crippen LogP contribution in [0.3, 0.4) is 0 Å². The van der Waals surface area contributed by atoms with Crippen LogP contribution in [0.1, 0.15) is 30.8 Å². The van der Waals surface area contributed by atoms with Crippen LogP contribution >= 0.6 is 0 Å². The second kappa shape index (κ2) is 5.01. The summed E-state index contributed by atoms with van der Waals surface area (Å²) in [4.78, 5) is 0. The number of hydrogen-bond acceptors (Lipinski definition) is 2. The quantitative estimate of drug-likeness (QED) is 0.831. The van der Waals surface area contributed by atoms with Crippen molar-refractivity contribution in [2.75, 3.05) is 0 Å². The van der Waals surface area contributed by atoms with Gasteiger partial charge in [0.25, 0.3) is 0 Å². The second-order valence-corrected chi connectivity index (χ2v) is 3.99. The molecular weight excluding hydrogens is 229 g/mol. The topological polar surface area (TPSA) is 41.6 Å². The zero-order chi connectivity index (χ0) is 13.1. The molecule has 0 bridgehead atoms. The van der Waals surface area contributed by atoms with Gasteiger partial charge in [-0.25, -0.2) is 9.07 Å². The molecule has 4 heteroatoms. The lowest BCUT2D eigenvalue weighted by Gasteiger charge is -2.08. The third kappa shape index (κ3) is 2.00. The highest BCUT2D eigenvalue weighted by molar-refractivity contribution is 5.50. The maximum Gasteiger partial charge on any atom is 0.143 e. The highest BCUT2D eigenvalue weighted by Gasteiger charge is 2.13. The third-order valence-corrected chi connectivity index (χ3v) is 2.89. The predicted molar refractivity (Wildman–Crippen MR) is 67.0 cm³/mol. The Labute approximate surface area is 105 Å². The van der Waals surface area contributed by atoms with Gasteiger partial charge in [0.1, 0.15) is 17.4 Å². The molecule has 0 aliphatic carbocycles. The second-order valence-electron chi connectivity index (χ2n) is 3.99. The van der Waals surface area contributed by atoms with Crippen LogP contribution < -0.4 is 0 Å². The molecule has 0 aliphatic rings. The molecule has 0 N–H and O–H groups in total. The van der Waals surface area contributed by atoms with Crippen molar-refractivity contribution in [3.05, 3.63) is 47.0 Å². The van der Waals surface area contributed by atoms with E-state index in [9.17, 15) is 4.39 Å². The first-order valence-corrected chi connectivity index (χ1v) is 5.98. The number of aryl methyl sites for hydroxylation is 2. The zero-order valence-electron chi connectivity index (χ0n) is 10.4. The van der Waals surface area contributed by atoms with Crippen LogP contribution in [0.2, 0.25) is 0 Å². The highest BCUT2D eigenvalue weighted by atomic mass is 19.1. The maximum atomic E-state index is 13.6. The van der Waals surface area contributed by atoms with E-state index in [0.717, 1.165) is 24.2 Å². The molecule has 0 aliphatic heterocycles. The fourth-order valence-corrected chi connectivity index (χ4v) is 1.91. The average molecular weight is 243 g/mol. The summed E-state index contributed by atoms with van der Waals surface area (Å²) < 4.78 is 15.3. The molecule has 2 rings (SSSR count). The van der Waals surface area contributed by atoms with E-state index >= 15 is 0 Å². The molecular formula is C14H14FN3. The molecule has 1 aromatic carbocycles. The van der Waals surface area contributed by atoms with Crippen molar-refractivity contribution < 1.29 is 4.39 Å². The molecule has 0 unspecified atom stereocenters. The van der Waals surface area contributed by atoms with Crippen LogP contribution in [0.5, 0.6) is 0 Å². The number of hydrogen-bond donors (Lipinski definition) is 0. The number of aromatic nitrogens is 2. The van der Waals surface area contributed by atoms with E-state index in [2.05, 4.69) is 5.10 Å². The number of benzene rings is 1. The Bertz CT molecular complexity index is 608. The molecule has 1 aromatic heterocycles. The predicted octanol–water partition coefficient (Wildman–Crippen LogP) is 3.01. The van der Waals surface area contributed by atoms with Gasteiger partial charge in [-0.05, 0) is 31.0 Å². The minimum Gasteiger partial charge on any atom is -0.236 e. The molecule has 3 nitrogen and oxygen atoms in total. The standard InChI is InChI=1S/C14H14FN3/c1-3-10-8-11(4-2)18(17-10)14-7-5-6-13(15)12(14)9-16/h5-8H,3-4H2,1-2H3. The monoisotopic (exact) mass is 243 g/mol. The molecule has 0 fully saturated rings.